The molecule has 0 aliphatic rings. The first-order chi connectivity index (χ1) is 18.5. The lowest BCUT2D eigenvalue weighted by molar-refractivity contribution is -0.112. The van der Waals surface area contributed by atoms with Gasteiger partial charge in [-0.15, -0.1) is 0 Å². The Labute approximate surface area is 243 Å². The summed E-state index contributed by atoms with van der Waals surface area (Å²) in [4.78, 5) is 25.9. The van der Waals surface area contributed by atoms with Crippen molar-refractivity contribution in [2.45, 2.75) is 20.0 Å². The normalized spacial score (nSPS) is 12.3. The monoisotopic (exact) mass is 651 g/mol. The Hall–Kier alpha value is -3.82. The van der Waals surface area contributed by atoms with E-state index in [1.54, 1.807) is 62.4 Å². The van der Waals surface area contributed by atoms with Crippen LogP contribution in [0.2, 0.25) is 0 Å². The van der Waals surface area contributed by atoms with Crippen molar-refractivity contribution in [2.75, 3.05) is 16.4 Å². The third kappa shape index (κ3) is 6.79. The molecule has 0 aliphatic heterocycles. The minimum absolute atomic E-state index is 0.0795. The summed E-state index contributed by atoms with van der Waals surface area (Å²) in [5.41, 5.74) is 6.86. The van der Waals surface area contributed by atoms with E-state index in [0.717, 1.165) is 10.8 Å². The summed E-state index contributed by atoms with van der Waals surface area (Å²) >= 11 is 6.80. The summed E-state index contributed by atoms with van der Waals surface area (Å²) in [6.07, 6.45) is 1.29. The number of anilines is 3. The minimum atomic E-state index is -0.980. The number of phenolic OH excluding ortho intramolecular Hbond substituents is 1. The number of ether oxygens (including phenoxy) is 1. The Bertz CT molecular complexity index is 1560. The summed E-state index contributed by atoms with van der Waals surface area (Å²) in [6, 6.07) is 23.6. The zero-order valence-electron chi connectivity index (χ0n) is 21.2. The third-order valence-electron chi connectivity index (χ3n) is 6.15. The Morgan fingerprint density at radius 2 is 1.62 bits per heavy atom. The van der Waals surface area contributed by atoms with Crippen LogP contribution in [-0.4, -0.2) is 17.1 Å². The number of benzene rings is 4. The van der Waals surface area contributed by atoms with Crippen LogP contribution in [-0.2, 0) is 9.53 Å². The number of fused-ring (bicyclic) bond motifs is 1. The molecule has 5 N–H and O–H groups in total. The van der Waals surface area contributed by atoms with Gasteiger partial charge in [-0.05, 0) is 57.7 Å². The van der Waals surface area contributed by atoms with Gasteiger partial charge in [0, 0.05) is 20.8 Å². The summed E-state index contributed by atoms with van der Waals surface area (Å²) in [5, 5.41) is 18.3. The van der Waals surface area contributed by atoms with Gasteiger partial charge in [0.2, 0.25) is 5.91 Å². The van der Waals surface area contributed by atoms with Crippen molar-refractivity contribution in [3.63, 3.8) is 0 Å². The second kappa shape index (κ2) is 11.9. The van der Waals surface area contributed by atoms with E-state index in [4.69, 9.17) is 10.5 Å². The predicted molar refractivity (Wildman–Crippen MR) is 163 cm³/mol. The SMILES string of the molecule is CC(C)(/C=C/C(=O)Nc1ccccc1N)[C@H](OC(=O)Nc1cccc2ccccc12)c1cc(Br)cc(Br)c1O. The molecule has 4 rings (SSSR count). The van der Waals surface area contributed by atoms with Crippen molar-refractivity contribution < 1.29 is 19.4 Å². The Balaban J connectivity index is 1.63. The van der Waals surface area contributed by atoms with Crippen molar-refractivity contribution in [3.8, 4) is 5.75 Å². The van der Waals surface area contributed by atoms with Crippen molar-refractivity contribution in [1.82, 2.24) is 0 Å². The highest BCUT2D eigenvalue weighted by molar-refractivity contribution is 9.11. The highest BCUT2D eigenvalue weighted by Gasteiger charge is 2.35. The number of nitrogen functional groups attached to an aromatic ring is 1. The minimum Gasteiger partial charge on any atom is -0.506 e. The van der Waals surface area contributed by atoms with Crippen LogP contribution < -0.4 is 16.4 Å². The standard InChI is InChI=1S/C30H27Br2N3O4/c1-30(2,15-14-26(36)34-25-12-6-5-11-23(25)33)28(21-16-19(31)17-22(32)27(21)37)39-29(38)35-24-13-7-9-18-8-3-4-10-20(18)24/h3-17,28,37H,33H2,1-2H3,(H,34,36)(H,35,38)/b15-14+/t28-/m1/s1. The van der Waals surface area contributed by atoms with Crippen LogP contribution >= 0.6 is 31.9 Å². The molecular formula is C30H27Br2N3O4. The van der Waals surface area contributed by atoms with E-state index in [0.29, 0.717) is 31.6 Å². The average Bonchev–Trinajstić information content (AvgIpc) is 2.90. The summed E-state index contributed by atoms with van der Waals surface area (Å²) in [7, 11) is 0. The van der Waals surface area contributed by atoms with Gasteiger partial charge < -0.3 is 20.9 Å². The number of hydrogen-bond acceptors (Lipinski definition) is 5. The molecule has 0 spiro atoms. The van der Waals surface area contributed by atoms with Crippen LogP contribution in [0.3, 0.4) is 0 Å². The molecule has 9 heteroatoms. The lowest BCUT2D eigenvalue weighted by Gasteiger charge is -2.32. The molecular weight excluding hydrogens is 626 g/mol. The van der Waals surface area contributed by atoms with Gasteiger partial charge in [0.05, 0.1) is 21.5 Å². The largest absolute Gasteiger partial charge is 0.506 e. The zero-order chi connectivity index (χ0) is 28.2. The molecule has 4 aromatic carbocycles. The van der Waals surface area contributed by atoms with Gasteiger partial charge in [-0.3, -0.25) is 10.1 Å². The number of nitrogens with two attached hydrogens (primary N) is 1. The van der Waals surface area contributed by atoms with Gasteiger partial charge in [-0.2, -0.15) is 0 Å². The summed E-state index contributed by atoms with van der Waals surface area (Å²) in [6.45, 7) is 3.61. The van der Waals surface area contributed by atoms with Gasteiger partial charge in [-0.25, -0.2) is 4.79 Å². The first-order valence-electron chi connectivity index (χ1n) is 12.0. The topological polar surface area (TPSA) is 114 Å². The molecule has 39 heavy (non-hydrogen) atoms. The molecule has 0 radical (unpaired) electrons. The quantitative estimate of drug-likeness (QED) is 0.119. The van der Waals surface area contributed by atoms with Crippen LogP contribution in [0.15, 0.2) is 100.0 Å². The van der Waals surface area contributed by atoms with Gasteiger partial charge in [0.25, 0.3) is 0 Å². The number of halogens is 2. The van der Waals surface area contributed by atoms with Gasteiger partial charge in [0.15, 0.2) is 0 Å². The van der Waals surface area contributed by atoms with E-state index in [9.17, 15) is 14.7 Å². The maximum Gasteiger partial charge on any atom is 0.412 e. The maximum atomic E-state index is 13.2. The number of nitrogens with one attached hydrogen (secondary N) is 2. The Morgan fingerprint density at radius 1 is 0.949 bits per heavy atom. The smallest absolute Gasteiger partial charge is 0.412 e. The van der Waals surface area contributed by atoms with Crippen molar-refractivity contribution in [3.05, 3.63) is 106 Å². The first kappa shape index (κ1) is 28.2. The van der Waals surface area contributed by atoms with E-state index < -0.39 is 23.5 Å². The molecule has 0 bridgehead atoms. The fourth-order valence-corrected chi connectivity index (χ4v) is 5.40. The number of para-hydroxylation sites is 2. The lowest BCUT2D eigenvalue weighted by Crippen LogP contribution is -2.28. The molecule has 7 nitrogen and oxygen atoms in total. The van der Waals surface area contributed by atoms with Gasteiger partial charge in [0.1, 0.15) is 11.9 Å². The van der Waals surface area contributed by atoms with Crippen LogP contribution in [0.4, 0.5) is 21.9 Å². The number of aromatic hydroxyl groups is 1. The first-order valence-corrected chi connectivity index (χ1v) is 13.6. The molecule has 4 aromatic rings. The fraction of sp³-hybridized carbons (Fsp3) is 0.133. The van der Waals surface area contributed by atoms with Crippen molar-refractivity contribution in [1.29, 1.82) is 0 Å². The number of hydrogen-bond donors (Lipinski definition) is 4. The number of carbonyl (C=O) groups is 2. The zero-order valence-corrected chi connectivity index (χ0v) is 24.4. The predicted octanol–water partition coefficient (Wildman–Crippen LogP) is 8.16. The second-order valence-electron chi connectivity index (χ2n) is 9.49. The molecule has 0 saturated heterocycles. The Morgan fingerprint density at radius 3 is 2.38 bits per heavy atom. The molecule has 0 unspecified atom stereocenters. The molecule has 0 aromatic heterocycles. The van der Waals surface area contributed by atoms with E-state index in [-0.39, 0.29) is 5.75 Å². The van der Waals surface area contributed by atoms with Crippen LogP contribution in [0.5, 0.6) is 5.75 Å². The van der Waals surface area contributed by atoms with Gasteiger partial charge in [-0.1, -0.05) is 84.4 Å². The van der Waals surface area contributed by atoms with Crippen molar-refractivity contribution in [2.24, 2.45) is 5.41 Å². The van der Waals surface area contributed by atoms with Gasteiger partial charge >= 0.3 is 6.09 Å². The molecule has 0 heterocycles. The van der Waals surface area contributed by atoms with Crippen LogP contribution in [0.25, 0.3) is 10.8 Å². The second-order valence-corrected chi connectivity index (χ2v) is 11.3. The number of carbonyl (C=O) groups excluding carboxylic acids is 2. The van der Waals surface area contributed by atoms with Crippen molar-refractivity contribution >= 4 is 71.7 Å². The van der Waals surface area contributed by atoms with E-state index in [1.165, 1.54) is 6.08 Å². The number of phenols is 1. The fourth-order valence-electron chi connectivity index (χ4n) is 4.15. The average molecular weight is 653 g/mol. The highest BCUT2D eigenvalue weighted by Crippen LogP contribution is 2.45. The molecule has 0 saturated carbocycles. The molecule has 1 atom stereocenters. The Kier molecular flexibility index (Phi) is 8.62. The molecule has 0 aliphatic carbocycles. The highest BCUT2D eigenvalue weighted by atomic mass is 79.9. The summed E-state index contributed by atoms with van der Waals surface area (Å²) < 4.78 is 7.05. The molecule has 0 fully saturated rings. The van der Waals surface area contributed by atoms with E-state index >= 15 is 0 Å². The maximum absolute atomic E-state index is 13.2. The summed E-state index contributed by atoms with van der Waals surface area (Å²) in [5.74, 6) is -0.483. The number of rotatable bonds is 7. The third-order valence-corrected chi connectivity index (χ3v) is 7.21. The van der Waals surface area contributed by atoms with Crippen LogP contribution in [0, 0.1) is 5.41 Å². The van der Waals surface area contributed by atoms with E-state index in [2.05, 4.69) is 42.5 Å². The lowest BCUT2D eigenvalue weighted by atomic mass is 9.81. The molecule has 2 amide bonds. The van der Waals surface area contributed by atoms with Crippen LogP contribution in [0.1, 0.15) is 25.5 Å². The number of amides is 2. The van der Waals surface area contributed by atoms with E-state index in [1.807, 2.05) is 36.4 Å². The molecule has 200 valence electrons.